The van der Waals surface area contributed by atoms with E-state index in [0.29, 0.717) is 12.5 Å². The summed E-state index contributed by atoms with van der Waals surface area (Å²) in [6.07, 6.45) is 8.72. The van der Waals surface area contributed by atoms with E-state index in [1.165, 1.54) is 18.4 Å². The van der Waals surface area contributed by atoms with E-state index >= 15 is 0 Å². The molecule has 6 nitrogen and oxygen atoms in total. The van der Waals surface area contributed by atoms with Crippen molar-refractivity contribution in [2.75, 3.05) is 33.2 Å². The molecule has 2 aromatic rings. The molecule has 1 aromatic heterocycles. The SMILES string of the molecule is C=C1/C(CCN2CCC(c3noc4cc(CN)ccc34)CC2)=C(C)\N=C\CCCCN1C. The average molecular weight is 436 g/mol. The van der Waals surface area contributed by atoms with Crippen LogP contribution in [0.3, 0.4) is 0 Å². The van der Waals surface area contributed by atoms with Gasteiger partial charge in [-0.05, 0) is 81.8 Å². The average Bonchev–Trinajstić information content (AvgIpc) is 3.24. The zero-order valence-electron chi connectivity index (χ0n) is 19.6. The summed E-state index contributed by atoms with van der Waals surface area (Å²) in [5, 5.41) is 5.57. The van der Waals surface area contributed by atoms with Crippen LogP contribution in [0, 0.1) is 0 Å². The van der Waals surface area contributed by atoms with Crippen LogP contribution in [0.5, 0.6) is 0 Å². The van der Waals surface area contributed by atoms with Crippen molar-refractivity contribution in [3.63, 3.8) is 0 Å². The Labute approximate surface area is 191 Å². The predicted octanol–water partition coefficient (Wildman–Crippen LogP) is 4.83. The minimum absolute atomic E-state index is 0.455. The highest BCUT2D eigenvalue weighted by Crippen LogP contribution is 2.33. The number of benzene rings is 1. The van der Waals surface area contributed by atoms with Crippen LogP contribution in [-0.4, -0.2) is 54.4 Å². The van der Waals surface area contributed by atoms with E-state index in [1.807, 2.05) is 6.07 Å². The monoisotopic (exact) mass is 435 g/mol. The van der Waals surface area contributed by atoms with Crippen molar-refractivity contribution in [2.24, 2.45) is 10.7 Å². The van der Waals surface area contributed by atoms with E-state index in [2.05, 4.69) is 53.9 Å². The number of nitrogens with zero attached hydrogens (tertiary/aromatic N) is 4. The van der Waals surface area contributed by atoms with Gasteiger partial charge in [0.2, 0.25) is 0 Å². The van der Waals surface area contributed by atoms with Crippen LogP contribution >= 0.6 is 0 Å². The van der Waals surface area contributed by atoms with Crippen LogP contribution in [0.2, 0.25) is 0 Å². The number of aromatic nitrogens is 1. The highest BCUT2D eigenvalue weighted by Gasteiger charge is 2.25. The smallest absolute Gasteiger partial charge is 0.167 e. The number of rotatable bonds is 5. The first kappa shape index (κ1) is 22.7. The van der Waals surface area contributed by atoms with Gasteiger partial charge in [-0.3, -0.25) is 4.99 Å². The summed E-state index contributed by atoms with van der Waals surface area (Å²) in [6.45, 7) is 11.3. The Balaban J connectivity index is 1.37. The molecule has 0 amide bonds. The number of piperidine rings is 1. The van der Waals surface area contributed by atoms with Crippen molar-refractivity contribution in [3.05, 3.63) is 53.0 Å². The normalized spacial score (nSPS) is 23.1. The number of hydrogen-bond donors (Lipinski definition) is 1. The molecule has 0 spiro atoms. The van der Waals surface area contributed by atoms with Crippen LogP contribution in [0.1, 0.15) is 62.6 Å². The summed E-state index contributed by atoms with van der Waals surface area (Å²) in [5.74, 6) is 0.455. The molecule has 0 unspecified atom stereocenters. The van der Waals surface area contributed by atoms with E-state index < -0.39 is 0 Å². The number of likely N-dealkylation sites (tertiary alicyclic amines) is 1. The lowest BCUT2D eigenvalue weighted by molar-refractivity contribution is 0.211. The predicted molar refractivity (Wildman–Crippen MR) is 132 cm³/mol. The third kappa shape index (κ3) is 5.13. The molecule has 1 saturated heterocycles. The van der Waals surface area contributed by atoms with Gasteiger partial charge in [-0.2, -0.15) is 0 Å². The first-order valence-electron chi connectivity index (χ1n) is 12.0. The maximum Gasteiger partial charge on any atom is 0.167 e. The van der Waals surface area contributed by atoms with Gasteiger partial charge in [0.05, 0.1) is 5.69 Å². The Bertz CT molecular complexity index is 997. The molecule has 0 radical (unpaired) electrons. The second-order valence-corrected chi connectivity index (χ2v) is 9.21. The standard InChI is InChI=1S/C26H37N5O/c1-19-23(20(2)30(3)13-6-4-5-12-28-19)11-16-31-14-9-22(10-15-31)26-24-8-7-21(18-27)17-25(24)32-29-26/h7-8,12,17,22H,2,4-6,9-11,13-16,18,27H2,1,3H3/b23-19-,28-12+. The minimum Gasteiger partial charge on any atom is -0.375 e. The van der Waals surface area contributed by atoms with Crippen molar-refractivity contribution >= 4 is 17.2 Å². The van der Waals surface area contributed by atoms with E-state index in [-0.39, 0.29) is 0 Å². The number of nitrogens with two attached hydrogens (primary N) is 1. The summed E-state index contributed by atoms with van der Waals surface area (Å²) in [7, 11) is 2.16. The van der Waals surface area contributed by atoms with Crippen molar-refractivity contribution in [3.8, 4) is 0 Å². The maximum atomic E-state index is 5.76. The van der Waals surface area contributed by atoms with Gasteiger partial charge < -0.3 is 20.1 Å². The fraction of sp³-hybridized carbons (Fsp3) is 0.538. The first-order valence-corrected chi connectivity index (χ1v) is 12.0. The molecule has 3 heterocycles. The molecule has 0 bridgehead atoms. The fourth-order valence-electron chi connectivity index (χ4n) is 4.89. The minimum atomic E-state index is 0.455. The van der Waals surface area contributed by atoms with Gasteiger partial charge in [0.1, 0.15) is 0 Å². The molecule has 4 rings (SSSR count). The zero-order valence-corrected chi connectivity index (χ0v) is 19.6. The van der Waals surface area contributed by atoms with Gasteiger partial charge in [0.25, 0.3) is 0 Å². The third-order valence-corrected chi connectivity index (χ3v) is 7.06. The molecule has 0 aliphatic carbocycles. The van der Waals surface area contributed by atoms with Gasteiger partial charge in [-0.1, -0.05) is 17.8 Å². The molecule has 2 aliphatic rings. The summed E-state index contributed by atoms with van der Waals surface area (Å²) in [5.41, 5.74) is 12.3. The number of aliphatic imine (C=N–C) groups is 1. The molecule has 32 heavy (non-hydrogen) atoms. The molecular formula is C26H37N5O. The molecule has 2 N–H and O–H groups in total. The number of hydrogen-bond acceptors (Lipinski definition) is 6. The van der Waals surface area contributed by atoms with Crippen LogP contribution in [0.4, 0.5) is 0 Å². The van der Waals surface area contributed by atoms with Crippen LogP contribution < -0.4 is 5.73 Å². The van der Waals surface area contributed by atoms with Gasteiger partial charge in [0, 0.05) is 55.6 Å². The van der Waals surface area contributed by atoms with Crippen molar-refractivity contribution < 1.29 is 4.52 Å². The van der Waals surface area contributed by atoms with E-state index in [1.54, 1.807) is 0 Å². The topological polar surface area (TPSA) is 70.9 Å². The molecule has 0 atom stereocenters. The van der Waals surface area contributed by atoms with Crippen LogP contribution in [0.25, 0.3) is 11.0 Å². The molecule has 172 valence electrons. The molecular weight excluding hydrogens is 398 g/mol. The Kier molecular flexibility index (Phi) is 7.43. The van der Waals surface area contributed by atoms with E-state index in [0.717, 1.165) is 85.5 Å². The van der Waals surface area contributed by atoms with Gasteiger partial charge in [-0.25, -0.2) is 0 Å². The number of allylic oxidation sites excluding steroid dienone is 2. The lowest BCUT2D eigenvalue weighted by Gasteiger charge is -2.32. The Morgan fingerprint density at radius 3 is 2.78 bits per heavy atom. The number of fused-ring (bicyclic) bond motifs is 1. The zero-order chi connectivity index (χ0) is 22.5. The number of likely N-dealkylation sites (N-methyl/N-ethyl adjacent to an activating group) is 1. The van der Waals surface area contributed by atoms with Crippen molar-refractivity contribution in [1.82, 2.24) is 15.0 Å². The summed E-state index contributed by atoms with van der Waals surface area (Å²) in [4.78, 5) is 9.60. The second kappa shape index (κ2) is 10.5. The van der Waals surface area contributed by atoms with E-state index in [4.69, 9.17) is 15.2 Å². The molecule has 6 heteroatoms. The van der Waals surface area contributed by atoms with Crippen LogP contribution in [-0.2, 0) is 6.54 Å². The molecule has 0 saturated carbocycles. The third-order valence-electron chi connectivity index (χ3n) is 7.06. The quantitative estimate of drug-likeness (QED) is 0.728. The largest absolute Gasteiger partial charge is 0.375 e. The molecule has 2 aliphatic heterocycles. The lowest BCUT2D eigenvalue weighted by Crippen LogP contribution is -2.34. The van der Waals surface area contributed by atoms with Crippen LogP contribution in [0.15, 0.2) is 51.3 Å². The Morgan fingerprint density at radius 2 is 2.00 bits per heavy atom. The summed E-state index contributed by atoms with van der Waals surface area (Å²) >= 11 is 0. The molecule has 1 aromatic carbocycles. The fourth-order valence-corrected chi connectivity index (χ4v) is 4.89. The Hall–Kier alpha value is -2.44. The highest BCUT2D eigenvalue weighted by molar-refractivity contribution is 5.80. The van der Waals surface area contributed by atoms with Gasteiger partial charge >= 0.3 is 0 Å². The second-order valence-electron chi connectivity index (χ2n) is 9.21. The van der Waals surface area contributed by atoms with Gasteiger partial charge in [0.15, 0.2) is 5.58 Å². The van der Waals surface area contributed by atoms with Gasteiger partial charge in [-0.15, -0.1) is 0 Å². The maximum absolute atomic E-state index is 5.76. The summed E-state index contributed by atoms with van der Waals surface area (Å²) in [6, 6.07) is 6.22. The first-order chi connectivity index (χ1) is 15.6. The summed E-state index contributed by atoms with van der Waals surface area (Å²) < 4.78 is 5.62. The lowest BCUT2D eigenvalue weighted by atomic mass is 9.91. The molecule has 1 fully saturated rings. The Morgan fingerprint density at radius 1 is 1.19 bits per heavy atom. The van der Waals surface area contributed by atoms with Crippen molar-refractivity contribution in [1.29, 1.82) is 0 Å². The van der Waals surface area contributed by atoms with E-state index in [9.17, 15) is 0 Å². The van der Waals surface area contributed by atoms with Crippen molar-refractivity contribution in [2.45, 2.75) is 57.9 Å². The highest BCUT2D eigenvalue weighted by atomic mass is 16.5.